The molecule has 2 saturated carbocycles. The van der Waals surface area contributed by atoms with Crippen LogP contribution in [0.25, 0.3) is 0 Å². The lowest BCUT2D eigenvalue weighted by atomic mass is 9.61. The maximum Gasteiger partial charge on any atom is -0.0143 e. The summed E-state index contributed by atoms with van der Waals surface area (Å²) < 4.78 is 0. The fraction of sp³-hybridized carbons (Fsp3) is 0.778. The zero-order valence-corrected chi connectivity index (χ0v) is 19.6. The Labute approximate surface area is 171 Å². The van der Waals surface area contributed by atoms with Crippen molar-refractivity contribution in [2.75, 3.05) is 0 Å². The zero-order valence-electron chi connectivity index (χ0n) is 19.6. The van der Waals surface area contributed by atoms with Gasteiger partial charge in [-0.05, 0) is 73.2 Å². The molecule has 0 saturated heterocycles. The van der Waals surface area contributed by atoms with Gasteiger partial charge in [-0.2, -0.15) is 0 Å². The van der Waals surface area contributed by atoms with Gasteiger partial charge in [-0.3, -0.25) is 0 Å². The van der Waals surface area contributed by atoms with Crippen molar-refractivity contribution in [3.05, 3.63) is 36.0 Å². The Hall–Kier alpha value is -0.780. The number of hydrogen-bond acceptors (Lipinski definition) is 0. The van der Waals surface area contributed by atoms with Gasteiger partial charge >= 0.3 is 0 Å². The lowest BCUT2D eigenvalue weighted by Crippen LogP contribution is -2.35. The first-order valence-electron chi connectivity index (χ1n) is 11.9. The van der Waals surface area contributed by atoms with Crippen molar-refractivity contribution in [2.45, 2.75) is 106 Å². The molecule has 2 aliphatic carbocycles. The molecular weight excluding hydrogens is 324 g/mol. The van der Waals surface area contributed by atoms with Gasteiger partial charge in [-0.1, -0.05) is 98.1 Å². The van der Waals surface area contributed by atoms with E-state index in [1.807, 2.05) is 0 Å². The number of hydrogen-bond donors (Lipinski definition) is 0. The summed E-state index contributed by atoms with van der Waals surface area (Å²) in [6.45, 7) is 20.3. The highest BCUT2D eigenvalue weighted by molar-refractivity contribution is 5.29. The third-order valence-electron chi connectivity index (χ3n) is 7.38. The molecule has 2 fully saturated rings. The van der Waals surface area contributed by atoms with E-state index in [9.17, 15) is 0 Å². The van der Waals surface area contributed by atoms with Crippen LogP contribution >= 0.6 is 0 Å². The minimum absolute atomic E-state index is 0.553. The van der Waals surface area contributed by atoms with E-state index < -0.39 is 0 Å². The van der Waals surface area contributed by atoms with Crippen molar-refractivity contribution in [1.29, 1.82) is 0 Å². The van der Waals surface area contributed by atoms with Crippen LogP contribution in [0.3, 0.4) is 0 Å². The van der Waals surface area contributed by atoms with Crippen LogP contribution in [0.5, 0.6) is 0 Å². The molecule has 0 heterocycles. The lowest BCUT2D eigenvalue weighted by molar-refractivity contribution is 0.0940. The van der Waals surface area contributed by atoms with E-state index in [0.717, 1.165) is 17.8 Å². The standard InChI is InChI=1S/C24H40.C3H8/c1-7-11-19(5)22-15-16-23-21(12-10-17-24(22,23)6)14-13-20(9-3)18(4)8-2;1-3-2/h9,13-14,18-19,22-23H,3,7-8,10-12,15-17H2,1-2,4-6H3;3H2,1-2H3/b20-13+,21-14+;. The second-order valence-electron chi connectivity index (χ2n) is 9.49. The van der Waals surface area contributed by atoms with Gasteiger partial charge in [0.1, 0.15) is 0 Å². The molecule has 156 valence electrons. The van der Waals surface area contributed by atoms with E-state index in [4.69, 9.17) is 0 Å². The summed E-state index contributed by atoms with van der Waals surface area (Å²) in [6, 6.07) is 0. The van der Waals surface area contributed by atoms with E-state index in [1.165, 1.54) is 63.4 Å². The summed E-state index contributed by atoms with van der Waals surface area (Å²) in [6.07, 6.45) is 19.1. The van der Waals surface area contributed by atoms with Gasteiger partial charge in [0.15, 0.2) is 0 Å². The molecule has 5 unspecified atom stereocenters. The van der Waals surface area contributed by atoms with Crippen molar-refractivity contribution < 1.29 is 0 Å². The Bertz CT molecular complexity index is 494. The zero-order chi connectivity index (χ0) is 20.4. The Morgan fingerprint density at radius 3 is 2.41 bits per heavy atom. The van der Waals surface area contributed by atoms with Crippen LogP contribution < -0.4 is 0 Å². The summed E-state index contributed by atoms with van der Waals surface area (Å²) in [7, 11) is 0. The van der Waals surface area contributed by atoms with Crippen molar-refractivity contribution in [2.24, 2.45) is 29.1 Å². The molecular formula is C27H48. The molecule has 0 spiro atoms. The first kappa shape index (κ1) is 24.3. The normalized spacial score (nSPS) is 31.7. The van der Waals surface area contributed by atoms with Crippen molar-refractivity contribution in [3.63, 3.8) is 0 Å². The molecule has 5 atom stereocenters. The van der Waals surface area contributed by atoms with Gasteiger partial charge in [0.25, 0.3) is 0 Å². The van der Waals surface area contributed by atoms with Gasteiger partial charge in [0.2, 0.25) is 0 Å². The number of fused-ring (bicyclic) bond motifs is 1. The summed E-state index contributed by atoms with van der Waals surface area (Å²) >= 11 is 0. The fourth-order valence-electron chi connectivity index (χ4n) is 5.74. The summed E-state index contributed by atoms with van der Waals surface area (Å²) in [4.78, 5) is 0. The molecule has 0 aromatic carbocycles. The molecule has 2 aliphatic rings. The van der Waals surface area contributed by atoms with E-state index in [2.05, 4.69) is 73.3 Å². The van der Waals surface area contributed by atoms with E-state index >= 15 is 0 Å². The molecule has 0 bridgehead atoms. The molecule has 27 heavy (non-hydrogen) atoms. The Morgan fingerprint density at radius 2 is 1.85 bits per heavy atom. The largest absolute Gasteiger partial charge is 0.0988 e. The first-order valence-corrected chi connectivity index (χ1v) is 11.9. The molecule has 0 aromatic rings. The topological polar surface area (TPSA) is 0 Å². The van der Waals surface area contributed by atoms with E-state index in [1.54, 1.807) is 5.57 Å². The van der Waals surface area contributed by atoms with Crippen LogP contribution in [-0.4, -0.2) is 0 Å². The lowest BCUT2D eigenvalue weighted by Gasteiger charge is -2.44. The average Bonchev–Trinajstić information content (AvgIpc) is 3.00. The third kappa shape index (κ3) is 6.10. The van der Waals surface area contributed by atoms with Crippen LogP contribution in [0.4, 0.5) is 0 Å². The minimum Gasteiger partial charge on any atom is -0.0988 e. The predicted octanol–water partition coefficient (Wildman–Crippen LogP) is 9.14. The smallest absolute Gasteiger partial charge is 0.0143 e. The molecule has 0 aromatic heterocycles. The molecule has 0 heteroatoms. The maximum atomic E-state index is 4.03. The molecule has 0 amide bonds. The number of rotatable bonds is 7. The Morgan fingerprint density at radius 1 is 1.19 bits per heavy atom. The van der Waals surface area contributed by atoms with E-state index in [0.29, 0.717) is 11.3 Å². The highest BCUT2D eigenvalue weighted by Gasteiger charge is 2.50. The number of allylic oxidation sites excluding steroid dienone is 5. The molecule has 0 radical (unpaired) electrons. The molecule has 2 rings (SSSR count). The van der Waals surface area contributed by atoms with E-state index in [-0.39, 0.29) is 0 Å². The van der Waals surface area contributed by atoms with Gasteiger partial charge in [0.05, 0.1) is 0 Å². The second-order valence-corrected chi connectivity index (χ2v) is 9.49. The highest BCUT2D eigenvalue weighted by atomic mass is 14.5. The Balaban J connectivity index is 0.00000114. The third-order valence-corrected chi connectivity index (χ3v) is 7.38. The van der Waals surface area contributed by atoms with Gasteiger partial charge in [0, 0.05) is 0 Å². The van der Waals surface area contributed by atoms with Crippen LogP contribution in [0.1, 0.15) is 106 Å². The molecule has 0 nitrogen and oxygen atoms in total. The molecule has 0 N–H and O–H groups in total. The van der Waals surface area contributed by atoms with Crippen LogP contribution in [0, 0.1) is 29.1 Å². The van der Waals surface area contributed by atoms with Crippen molar-refractivity contribution in [1.82, 2.24) is 0 Å². The second kappa shape index (κ2) is 11.9. The Kier molecular flexibility index (Phi) is 10.7. The predicted molar refractivity (Wildman–Crippen MR) is 124 cm³/mol. The quantitative estimate of drug-likeness (QED) is 0.391. The summed E-state index contributed by atoms with van der Waals surface area (Å²) in [5.74, 6) is 3.28. The summed E-state index contributed by atoms with van der Waals surface area (Å²) in [5.41, 5.74) is 3.70. The summed E-state index contributed by atoms with van der Waals surface area (Å²) in [5, 5.41) is 0. The van der Waals surface area contributed by atoms with Gasteiger partial charge in [-0.15, -0.1) is 0 Å². The van der Waals surface area contributed by atoms with Gasteiger partial charge < -0.3 is 0 Å². The SMILES string of the molecule is C=C/C(=C\C=C1/CCCC2(C)C1CCC2C(C)CCC)C(C)CC.CCC. The van der Waals surface area contributed by atoms with Crippen LogP contribution in [0.15, 0.2) is 36.0 Å². The van der Waals surface area contributed by atoms with Crippen molar-refractivity contribution >= 4 is 0 Å². The monoisotopic (exact) mass is 372 g/mol. The molecule has 0 aliphatic heterocycles. The van der Waals surface area contributed by atoms with Crippen LogP contribution in [0.2, 0.25) is 0 Å². The highest BCUT2D eigenvalue weighted by Crippen LogP contribution is 2.59. The minimum atomic E-state index is 0.553. The fourth-order valence-corrected chi connectivity index (χ4v) is 5.74. The van der Waals surface area contributed by atoms with Crippen LogP contribution in [-0.2, 0) is 0 Å². The van der Waals surface area contributed by atoms with Crippen molar-refractivity contribution in [3.8, 4) is 0 Å². The first-order chi connectivity index (χ1) is 12.9. The maximum absolute atomic E-state index is 4.03. The van der Waals surface area contributed by atoms with Gasteiger partial charge in [-0.25, -0.2) is 0 Å². The average molecular weight is 373 g/mol.